The third kappa shape index (κ3) is 6.29. The molecule has 2 aromatic carbocycles. The van der Waals surface area contributed by atoms with Crippen molar-refractivity contribution in [2.24, 2.45) is 0 Å². The highest BCUT2D eigenvalue weighted by Crippen LogP contribution is 2.15. The van der Waals surface area contributed by atoms with Gasteiger partial charge in [-0.15, -0.1) is 0 Å². The van der Waals surface area contributed by atoms with Crippen LogP contribution in [-0.4, -0.2) is 24.3 Å². The number of carbonyl (C=O) groups is 1. The number of anilines is 1. The van der Waals surface area contributed by atoms with E-state index < -0.39 is 12.6 Å². The third-order valence-electron chi connectivity index (χ3n) is 3.23. The first kappa shape index (κ1) is 19.6. The van der Waals surface area contributed by atoms with Gasteiger partial charge in [0.1, 0.15) is 5.75 Å². The zero-order valence-corrected chi connectivity index (χ0v) is 14.8. The molecule has 0 unspecified atom stereocenters. The lowest BCUT2D eigenvalue weighted by Crippen LogP contribution is -2.27. The van der Waals surface area contributed by atoms with Gasteiger partial charge in [-0.3, -0.25) is 0 Å². The van der Waals surface area contributed by atoms with E-state index in [0.29, 0.717) is 29.5 Å². The summed E-state index contributed by atoms with van der Waals surface area (Å²) in [5.74, 6) is -0.304. The second kappa shape index (κ2) is 9.67. The Morgan fingerprint density at radius 1 is 1.19 bits per heavy atom. The number of halogens is 2. The van der Waals surface area contributed by atoms with Crippen molar-refractivity contribution in [3.8, 4) is 5.75 Å². The Hall–Kier alpha value is -2.74. The highest BCUT2D eigenvalue weighted by atomic mass is 32.1. The minimum atomic E-state index is -2.85. The monoisotopic (exact) mass is 380 g/mol. The number of esters is 1. The van der Waals surface area contributed by atoms with Crippen LogP contribution in [0.3, 0.4) is 0 Å². The Kier molecular flexibility index (Phi) is 7.28. The Morgan fingerprint density at radius 3 is 2.58 bits per heavy atom. The highest BCUT2D eigenvalue weighted by molar-refractivity contribution is 7.80. The molecule has 0 aromatic heterocycles. The van der Waals surface area contributed by atoms with E-state index in [9.17, 15) is 13.6 Å². The van der Waals surface area contributed by atoms with Crippen LogP contribution in [-0.2, 0) is 11.3 Å². The smallest absolute Gasteiger partial charge is 0.387 e. The molecular weight excluding hydrogens is 362 g/mol. The van der Waals surface area contributed by atoms with Crippen molar-refractivity contribution in [3.05, 3.63) is 59.7 Å². The van der Waals surface area contributed by atoms with Crippen LogP contribution in [0.25, 0.3) is 0 Å². The minimum absolute atomic E-state index is 0.0974. The molecule has 0 heterocycles. The van der Waals surface area contributed by atoms with Crippen molar-refractivity contribution in [3.63, 3.8) is 0 Å². The summed E-state index contributed by atoms with van der Waals surface area (Å²) in [5.41, 5.74) is 1.92. The van der Waals surface area contributed by atoms with E-state index in [1.165, 1.54) is 12.1 Å². The van der Waals surface area contributed by atoms with Gasteiger partial charge in [0.25, 0.3) is 0 Å². The van der Waals surface area contributed by atoms with Crippen molar-refractivity contribution in [2.45, 2.75) is 20.1 Å². The van der Waals surface area contributed by atoms with Crippen LogP contribution in [0.5, 0.6) is 5.75 Å². The predicted octanol–water partition coefficient (Wildman–Crippen LogP) is 3.95. The van der Waals surface area contributed by atoms with E-state index in [0.717, 1.165) is 5.56 Å². The third-order valence-corrected chi connectivity index (χ3v) is 3.48. The fourth-order valence-electron chi connectivity index (χ4n) is 2.08. The van der Waals surface area contributed by atoms with Crippen LogP contribution in [0, 0.1) is 0 Å². The number of benzene rings is 2. The number of nitrogens with one attached hydrogen (secondary N) is 2. The Bertz CT molecular complexity index is 754. The van der Waals surface area contributed by atoms with E-state index in [1.807, 2.05) is 0 Å². The lowest BCUT2D eigenvalue weighted by Gasteiger charge is -2.12. The fourth-order valence-corrected chi connectivity index (χ4v) is 2.27. The number of carbonyl (C=O) groups excluding carboxylic acids is 1. The van der Waals surface area contributed by atoms with Crippen LogP contribution in [0.15, 0.2) is 48.5 Å². The van der Waals surface area contributed by atoms with Gasteiger partial charge < -0.3 is 20.1 Å². The lowest BCUT2D eigenvalue weighted by molar-refractivity contribution is -0.0498. The molecule has 0 saturated carbocycles. The van der Waals surface area contributed by atoms with Gasteiger partial charge in [-0.1, -0.05) is 18.2 Å². The molecule has 0 aliphatic carbocycles. The largest absolute Gasteiger partial charge is 0.462 e. The molecule has 5 nitrogen and oxygen atoms in total. The standard InChI is InChI=1S/C18H18F2N2O3S/c1-2-24-16(23)13-4-3-5-14(10-13)22-18(26)21-11-12-6-8-15(9-7-12)25-17(19)20/h3-10,17H,2,11H2,1H3,(H2,21,22,26). The molecule has 138 valence electrons. The van der Waals surface area contributed by atoms with Crippen LogP contribution in [0.1, 0.15) is 22.8 Å². The van der Waals surface area contributed by atoms with Gasteiger partial charge in [0.2, 0.25) is 0 Å². The maximum absolute atomic E-state index is 12.1. The summed E-state index contributed by atoms with van der Waals surface area (Å²) in [6.07, 6.45) is 0. The van der Waals surface area contributed by atoms with Crippen molar-refractivity contribution in [1.82, 2.24) is 5.32 Å². The molecule has 2 rings (SSSR count). The van der Waals surface area contributed by atoms with Gasteiger partial charge in [0.15, 0.2) is 5.11 Å². The van der Waals surface area contributed by atoms with Crippen molar-refractivity contribution in [2.75, 3.05) is 11.9 Å². The van der Waals surface area contributed by atoms with E-state index >= 15 is 0 Å². The van der Waals surface area contributed by atoms with Gasteiger partial charge in [-0.05, 0) is 55.0 Å². The zero-order chi connectivity index (χ0) is 18.9. The predicted molar refractivity (Wildman–Crippen MR) is 98.5 cm³/mol. The lowest BCUT2D eigenvalue weighted by atomic mass is 10.2. The van der Waals surface area contributed by atoms with Crippen LogP contribution < -0.4 is 15.4 Å². The number of hydrogen-bond donors (Lipinski definition) is 2. The number of alkyl halides is 2. The quantitative estimate of drug-likeness (QED) is 0.560. The van der Waals surface area contributed by atoms with Gasteiger partial charge >= 0.3 is 12.6 Å². The summed E-state index contributed by atoms with van der Waals surface area (Å²) in [7, 11) is 0. The molecule has 0 amide bonds. The van der Waals surface area contributed by atoms with E-state index in [-0.39, 0.29) is 5.75 Å². The molecule has 0 atom stereocenters. The first-order valence-electron chi connectivity index (χ1n) is 7.83. The maximum Gasteiger partial charge on any atom is 0.387 e. The molecule has 0 aliphatic rings. The summed E-state index contributed by atoms with van der Waals surface area (Å²) >= 11 is 5.22. The van der Waals surface area contributed by atoms with Crippen LogP contribution in [0.4, 0.5) is 14.5 Å². The van der Waals surface area contributed by atoms with Gasteiger partial charge in [-0.25, -0.2) is 4.79 Å². The van der Waals surface area contributed by atoms with E-state index in [2.05, 4.69) is 15.4 Å². The molecule has 0 fully saturated rings. The zero-order valence-electron chi connectivity index (χ0n) is 14.0. The number of ether oxygens (including phenoxy) is 2. The number of thiocarbonyl (C=S) groups is 1. The minimum Gasteiger partial charge on any atom is -0.462 e. The van der Waals surface area contributed by atoms with Crippen molar-refractivity contribution < 1.29 is 23.0 Å². The SMILES string of the molecule is CCOC(=O)c1cccc(NC(=S)NCc2ccc(OC(F)F)cc2)c1. The van der Waals surface area contributed by atoms with Gasteiger partial charge in [0, 0.05) is 12.2 Å². The normalized spacial score (nSPS) is 10.3. The molecule has 0 aliphatic heterocycles. The molecule has 0 saturated heterocycles. The summed E-state index contributed by atoms with van der Waals surface area (Å²) in [6.45, 7) is -0.401. The fraction of sp³-hybridized carbons (Fsp3) is 0.222. The summed E-state index contributed by atoms with van der Waals surface area (Å²) < 4.78 is 33.5. The number of hydrogen-bond acceptors (Lipinski definition) is 4. The van der Waals surface area contributed by atoms with E-state index in [4.69, 9.17) is 17.0 Å². The molecular formula is C18H18F2N2O3S. The maximum atomic E-state index is 12.1. The Labute approximate surface area is 155 Å². The Morgan fingerprint density at radius 2 is 1.92 bits per heavy atom. The second-order valence-corrected chi connectivity index (χ2v) is 5.54. The summed E-state index contributed by atoms with van der Waals surface area (Å²) in [5, 5.41) is 6.33. The van der Waals surface area contributed by atoms with Crippen molar-refractivity contribution in [1.29, 1.82) is 0 Å². The molecule has 2 N–H and O–H groups in total. The molecule has 26 heavy (non-hydrogen) atoms. The molecule has 0 bridgehead atoms. The van der Waals surface area contributed by atoms with Crippen LogP contribution >= 0.6 is 12.2 Å². The molecule has 8 heteroatoms. The summed E-state index contributed by atoms with van der Waals surface area (Å²) in [4.78, 5) is 11.7. The summed E-state index contributed by atoms with van der Waals surface area (Å²) in [6, 6.07) is 13.0. The molecule has 0 spiro atoms. The first-order chi connectivity index (χ1) is 12.5. The molecule has 2 aromatic rings. The van der Waals surface area contributed by atoms with E-state index in [1.54, 1.807) is 43.3 Å². The average molecular weight is 380 g/mol. The first-order valence-corrected chi connectivity index (χ1v) is 8.24. The van der Waals surface area contributed by atoms with Gasteiger partial charge in [0.05, 0.1) is 12.2 Å². The average Bonchev–Trinajstić information content (AvgIpc) is 2.61. The van der Waals surface area contributed by atoms with Crippen LogP contribution in [0.2, 0.25) is 0 Å². The Balaban J connectivity index is 1.87. The highest BCUT2D eigenvalue weighted by Gasteiger charge is 2.08. The van der Waals surface area contributed by atoms with Crippen molar-refractivity contribution >= 4 is 29.0 Å². The topological polar surface area (TPSA) is 59.6 Å². The molecule has 0 radical (unpaired) electrons. The second-order valence-electron chi connectivity index (χ2n) is 5.13. The van der Waals surface area contributed by atoms with Gasteiger partial charge in [-0.2, -0.15) is 8.78 Å². The number of rotatable bonds is 7.